The lowest BCUT2D eigenvalue weighted by Crippen LogP contribution is -2.30. The van der Waals surface area contributed by atoms with Crippen LogP contribution in [0.25, 0.3) is 0 Å². The summed E-state index contributed by atoms with van der Waals surface area (Å²) in [5.41, 5.74) is 0. The number of esters is 3. The molecule has 6 heteroatoms. The maximum absolute atomic E-state index is 12.9. The third kappa shape index (κ3) is 66.4. The Labute approximate surface area is 506 Å². The largest absolute Gasteiger partial charge is 0.462 e. The van der Waals surface area contributed by atoms with Gasteiger partial charge >= 0.3 is 17.9 Å². The molecule has 0 heterocycles. The maximum atomic E-state index is 12.9. The summed E-state index contributed by atoms with van der Waals surface area (Å²) in [5.74, 6) is -1.10. The Morgan fingerprint density at radius 2 is 0.524 bits per heavy atom. The third-order valence-corrected chi connectivity index (χ3v) is 14.4. The van der Waals surface area contributed by atoms with Crippen molar-refractivity contribution in [3.63, 3.8) is 0 Å². The van der Waals surface area contributed by atoms with Crippen molar-refractivity contribution in [1.29, 1.82) is 0 Å². The van der Waals surface area contributed by atoms with Crippen molar-refractivity contribution in [2.24, 2.45) is 0 Å². The fourth-order valence-electron chi connectivity index (χ4n) is 9.40. The number of carbonyl (C=O) groups is 3. The van der Waals surface area contributed by atoms with Crippen LogP contribution in [-0.4, -0.2) is 37.2 Å². The molecule has 6 nitrogen and oxygen atoms in total. The number of carbonyl (C=O) groups excluding carboxylic acids is 3. The van der Waals surface area contributed by atoms with Gasteiger partial charge in [0.2, 0.25) is 0 Å². The molecule has 0 aliphatic heterocycles. The Morgan fingerprint density at radius 1 is 0.268 bits per heavy atom. The number of unbranched alkanes of at least 4 members (excludes halogenated alkanes) is 29. The van der Waals surface area contributed by atoms with Crippen LogP contribution in [0.1, 0.15) is 310 Å². The molecule has 0 aromatic heterocycles. The summed E-state index contributed by atoms with van der Waals surface area (Å²) in [4.78, 5) is 38.3. The second-order valence-electron chi connectivity index (χ2n) is 22.3. The minimum Gasteiger partial charge on any atom is -0.462 e. The van der Waals surface area contributed by atoms with E-state index in [0.717, 1.165) is 103 Å². The van der Waals surface area contributed by atoms with E-state index in [1.807, 2.05) is 6.08 Å². The quantitative estimate of drug-likeness (QED) is 0.0261. The Kier molecular flexibility index (Phi) is 65.3. The monoisotopic (exact) mass is 1130 g/mol. The summed E-state index contributed by atoms with van der Waals surface area (Å²) in [6.45, 7) is 6.31. The Bertz CT molecular complexity index is 1730. The van der Waals surface area contributed by atoms with Crippen LogP contribution in [0.3, 0.4) is 0 Å². The van der Waals surface area contributed by atoms with E-state index < -0.39 is 12.1 Å². The first-order valence-corrected chi connectivity index (χ1v) is 34.2. The number of rotatable bonds is 61. The molecule has 82 heavy (non-hydrogen) atoms. The van der Waals surface area contributed by atoms with Crippen LogP contribution in [-0.2, 0) is 28.6 Å². The van der Waals surface area contributed by atoms with Crippen LogP contribution in [0.4, 0.5) is 0 Å². The van der Waals surface area contributed by atoms with Crippen LogP contribution in [0.5, 0.6) is 0 Å². The molecule has 466 valence electrons. The molecule has 0 N–H and O–H groups in total. The molecule has 1 unspecified atom stereocenters. The van der Waals surface area contributed by atoms with Crippen LogP contribution in [0, 0.1) is 0 Å². The van der Waals surface area contributed by atoms with Crippen molar-refractivity contribution in [3.05, 3.63) is 134 Å². The van der Waals surface area contributed by atoms with Crippen LogP contribution >= 0.6 is 0 Å². The topological polar surface area (TPSA) is 78.9 Å². The normalized spacial score (nSPS) is 13.0. The fraction of sp³-hybridized carbons (Fsp3) is 0.671. The van der Waals surface area contributed by atoms with Gasteiger partial charge in [0.1, 0.15) is 13.2 Å². The molecule has 0 aromatic carbocycles. The van der Waals surface area contributed by atoms with E-state index >= 15 is 0 Å². The van der Waals surface area contributed by atoms with Gasteiger partial charge in [-0.25, -0.2) is 0 Å². The summed E-state index contributed by atoms with van der Waals surface area (Å²) in [7, 11) is 0. The average molecular weight is 1140 g/mol. The highest BCUT2D eigenvalue weighted by Crippen LogP contribution is 2.17. The maximum Gasteiger partial charge on any atom is 0.309 e. The predicted octanol–water partition coefficient (Wildman–Crippen LogP) is 23.7. The summed E-state index contributed by atoms with van der Waals surface area (Å²) < 4.78 is 16.8. The van der Waals surface area contributed by atoms with Gasteiger partial charge in [-0.15, -0.1) is 0 Å². The van der Waals surface area contributed by atoms with Crippen molar-refractivity contribution >= 4 is 17.9 Å². The molecular weight excluding hydrogens is 1010 g/mol. The molecule has 0 saturated heterocycles. The summed E-state index contributed by atoms with van der Waals surface area (Å²) in [6.07, 6.45) is 98.0. The van der Waals surface area contributed by atoms with Gasteiger partial charge in [-0.1, -0.05) is 328 Å². The molecule has 0 radical (unpaired) electrons. The van der Waals surface area contributed by atoms with Crippen molar-refractivity contribution in [2.75, 3.05) is 13.2 Å². The van der Waals surface area contributed by atoms with Crippen molar-refractivity contribution in [3.8, 4) is 0 Å². The van der Waals surface area contributed by atoms with Gasteiger partial charge < -0.3 is 14.2 Å². The van der Waals surface area contributed by atoms with Crippen LogP contribution in [0.15, 0.2) is 134 Å². The van der Waals surface area contributed by atoms with Gasteiger partial charge in [0, 0.05) is 12.8 Å². The second kappa shape index (κ2) is 69.0. The molecule has 0 bridgehead atoms. The molecule has 0 aliphatic rings. The zero-order valence-corrected chi connectivity index (χ0v) is 53.5. The van der Waals surface area contributed by atoms with Crippen molar-refractivity contribution < 1.29 is 28.6 Å². The third-order valence-electron chi connectivity index (χ3n) is 14.4. The molecule has 1 atom stereocenters. The van der Waals surface area contributed by atoms with E-state index in [2.05, 4.69) is 142 Å². The van der Waals surface area contributed by atoms with Crippen LogP contribution in [0.2, 0.25) is 0 Å². The first-order chi connectivity index (χ1) is 40.5. The van der Waals surface area contributed by atoms with Gasteiger partial charge in [0.05, 0.1) is 6.42 Å². The van der Waals surface area contributed by atoms with Gasteiger partial charge in [-0.2, -0.15) is 0 Å². The Balaban J connectivity index is 4.40. The number of allylic oxidation sites excluding steroid dienone is 21. The van der Waals surface area contributed by atoms with Crippen molar-refractivity contribution in [1.82, 2.24) is 0 Å². The molecule has 0 fully saturated rings. The lowest BCUT2D eigenvalue weighted by atomic mass is 10.0. The minimum atomic E-state index is -0.846. The van der Waals surface area contributed by atoms with E-state index in [0.29, 0.717) is 12.8 Å². The predicted molar refractivity (Wildman–Crippen MR) is 357 cm³/mol. The highest BCUT2D eigenvalue weighted by Gasteiger charge is 2.19. The Hall–Kier alpha value is -4.45. The average Bonchev–Trinajstić information content (AvgIpc) is 3.47. The molecule has 0 aromatic rings. The molecule has 0 aliphatic carbocycles. The van der Waals surface area contributed by atoms with E-state index in [4.69, 9.17) is 14.2 Å². The van der Waals surface area contributed by atoms with Gasteiger partial charge in [0.15, 0.2) is 6.10 Å². The molecule has 0 amide bonds. The van der Waals surface area contributed by atoms with Crippen LogP contribution < -0.4 is 0 Å². The van der Waals surface area contributed by atoms with E-state index in [1.165, 1.54) is 161 Å². The molecule has 0 spiro atoms. The standard InChI is InChI=1S/C76H126O6/c1-4-7-10-13-16-19-22-25-28-30-32-34-35-36-37-38-39-40-42-43-45-48-51-54-57-60-63-66-69-75(78)81-72-73(71-80-74(77)68-65-62-59-56-53-50-47-27-24-21-18-15-12-9-6-3)82-76(79)70-67-64-61-58-55-52-49-46-44-41-33-31-29-26-23-20-17-14-11-8-5-2/h8-9,11-12,17-18,20-21,26-27,29,33,41,46-47,49,53,55-56,58,62,65,73H,4-7,10,13-16,19,22-25,28,30-32,34-40,42-45,48,50-52,54,57,59-61,63-64,66-72H2,1-3H3/b11-8-,12-9-,20-17-,21-18-,29-26-,41-33-,47-27-,49-46-,56-53-,58-55-,65-62-. The summed E-state index contributed by atoms with van der Waals surface area (Å²) in [5, 5.41) is 0. The second-order valence-corrected chi connectivity index (χ2v) is 22.3. The van der Waals surface area contributed by atoms with E-state index in [-0.39, 0.29) is 38.0 Å². The Morgan fingerprint density at radius 3 is 0.854 bits per heavy atom. The van der Waals surface area contributed by atoms with Gasteiger partial charge in [-0.05, 0) is 96.3 Å². The van der Waals surface area contributed by atoms with E-state index in [9.17, 15) is 14.4 Å². The highest BCUT2D eigenvalue weighted by atomic mass is 16.6. The SMILES string of the molecule is CC/C=C\C/C=C\C/C=C\C/C=C\C/C=C\C/C=C\CCCCC(=O)OC(COC(=O)C/C=C\C/C=C\C/C=C\C/C=C\C/C=C\CC)COC(=O)CCCCCCCCCCCCCCCCCCCCCCCCCCCCCC. The zero-order valence-electron chi connectivity index (χ0n) is 53.5. The summed E-state index contributed by atoms with van der Waals surface area (Å²) >= 11 is 0. The number of hydrogen-bond acceptors (Lipinski definition) is 6. The molecule has 0 rings (SSSR count). The number of hydrogen-bond donors (Lipinski definition) is 0. The van der Waals surface area contributed by atoms with Crippen molar-refractivity contribution in [2.45, 2.75) is 316 Å². The lowest BCUT2D eigenvalue weighted by Gasteiger charge is -2.18. The van der Waals surface area contributed by atoms with E-state index in [1.54, 1.807) is 6.08 Å². The first-order valence-electron chi connectivity index (χ1n) is 34.2. The van der Waals surface area contributed by atoms with Gasteiger partial charge in [0.25, 0.3) is 0 Å². The number of ether oxygens (including phenoxy) is 3. The molecule has 0 saturated carbocycles. The minimum absolute atomic E-state index is 0.113. The summed E-state index contributed by atoms with van der Waals surface area (Å²) in [6, 6.07) is 0. The smallest absolute Gasteiger partial charge is 0.309 e. The molecular formula is C76H126O6. The fourth-order valence-corrected chi connectivity index (χ4v) is 9.40. The lowest BCUT2D eigenvalue weighted by molar-refractivity contribution is -0.166. The zero-order chi connectivity index (χ0) is 59.2. The first kappa shape index (κ1) is 77.5. The highest BCUT2D eigenvalue weighted by molar-refractivity contribution is 5.72. The van der Waals surface area contributed by atoms with Gasteiger partial charge in [-0.3, -0.25) is 14.4 Å².